The highest BCUT2D eigenvalue weighted by Gasteiger charge is 2.05. The van der Waals surface area contributed by atoms with Crippen LogP contribution < -0.4 is 10.5 Å². The second-order valence-corrected chi connectivity index (χ2v) is 3.25. The molecule has 15 heavy (non-hydrogen) atoms. The molecule has 0 unspecified atom stereocenters. The topological polar surface area (TPSA) is 66.0 Å². The van der Waals surface area contributed by atoms with Crippen LogP contribution in [0.2, 0.25) is 0 Å². The van der Waals surface area contributed by atoms with Gasteiger partial charge < -0.3 is 10.5 Å². The number of aryl methyl sites for hydroxylation is 2. The smallest absolute Gasteiger partial charge is 0.223 e. The highest BCUT2D eigenvalue weighted by molar-refractivity contribution is 5.32. The van der Waals surface area contributed by atoms with Gasteiger partial charge in [-0.25, -0.2) is 4.68 Å². The van der Waals surface area contributed by atoms with Gasteiger partial charge in [-0.2, -0.15) is 10.1 Å². The van der Waals surface area contributed by atoms with Crippen LogP contribution in [0.5, 0.6) is 11.8 Å². The first-order valence-corrected chi connectivity index (χ1v) is 4.56. The molecule has 2 rings (SSSR count). The molecule has 0 amide bonds. The van der Waals surface area contributed by atoms with Gasteiger partial charge in [0.25, 0.3) is 0 Å². The molecule has 0 spiro atoms. The molecular formula is C10H12N4O. The highest BCUT2D eigenvalue weighted by Crippen LogP contribution is 2.19. The molecule has 0 radical (unpaired) electrons. The van der Waals surface area contributed by atoms with Gasteiger partial charge in [0.2, 0.25) is 11.8 Å². The first-order valence-electron chi connectivity index (χ1n) is 4.56. The maximum atomic E-state index is 5.54. The highest BCUT2D eigenvalue weighted by atomic mass is 16.5. The van der Waals surface area contributed by atoms with Crippen LogP contribution in [0.25, 0.3) is 0 Å². The zero-order valence-electron chi connectivity index (χ0n) is 8.64. The summed E-state index contributed by atoms with van der Waals surface area (Å²) in [6.07, 6.45) is 0. The van der Waals surface area contributed by atoms with E-state index in [9.17, 15) is 0 Å². The van der Waals surface area contributed by atoms with Crippen LogP contribution in [0, 0.1) is 6.92 Å². The number of aromatic nitrogens is 3. The van der Waals surface area contributed by atoms with Crippen molar-refractivity contribution in [2.24, 2.45) is 7.05 Å². The number of hydrogen-bond acceptors (Lipinski definition) is 4. The summed E-state index contributed by atoms with van der Waals surface area (Å²) < 4.78 is 7.17. The van der Waals surface area contributed by atoms with E-state index in [1.165, 1.54) is 0 Å². The van der Waals surface area contributed by atoms with E-state index in [0.29, 0.717) is 17.6 Å². The van der Waals surface area contributed by atoms with Crippen LogP contribution in [0.4, 0.5) is 5.82 Å². The summed E-state index contributed by atoms with van der Waals surface area (Å²) in [6.45, 7) is 1.90. The van der Waals surface area contributed by atoms with Gasteiger partial charge in [0.1, 0.15) is 5.82 Å². The molecule has 0 aliphatic rings. The number of pyridine rings is 1. The average Bonchev–Trinajstić information content (AvgIpc) is 2.45. The van der Waals surface area contributed by atoms with E-state index in [1.807, 2.05) is 20.0 Å². The van der Waals surface area contributed by atoms with Gasteiger partial charge in [0.15, 0.2) is 0 Å². The fraction of sp³-hybridized carbons (Fsp3) is 0.200. The lowest BCUT2D eigenvalue weighted by Crippen LogP contribution is -1.97. The first-order chi connectivity index (χ1) is 7.15. The van der Waals surface area contributed by atoms with E-state index in [4.69, 9.17) is 10.5 Å². The maximum Gasteiger partial charge on any atom is 0.223 e. The average molecular weight is 204 g/mol. The number of anilines is 1. The number of nitrogen functional groups attached to an aromatic ring is 1. The van der Waals surface area contributed by atoms with Crippen molar-refractivity contribution in [2.45, 2.75) is 6.92 Å². The summed E-state index contributed by atoms with van der Waals surface area (Å²) in [5.74, 6) is 1.55. The van der Waals surface area contributed by atoms with Crippen LogP contribution in [-0.2, 0) is 7.05 Å². The van der Waals surface area contributed by atoms with E-state index in [-0.39, 0.29) is 0 Å². The molecule has 2 aromatic rings. The third-order valence-corrected chi connectivity index (χ3v) is 1.91. The monoisotopic (exact) mass is 204 g/mol. The Morgan fingerprint density at radius 1 is 1.40 bits per heavy atom. The molecule has 0 saturated carbocycles. The molecule has 2 heterocycles. The van der Waals surface area contributed by atoms with Crippen molar-refractivity contribution in [1.82, 2.24) is 14.8 Å². The standard InChI is InChI=1S/C10H12N4O/c1-7-6-10(14(2)13-7)15-9-5-3-4-8(11)12-9/h3-6H,1-2H3,(H2,11,12). The Labute approximate surface area is 87.5 Å². The predicted octanol–water partition coefficient (Wildman–Crippen LogP) is 1.50. The number of ether oxygens (including phenoxy) is 1. The predicted molar refractivity (Wildman–Crippen MR) is 56.7 cm³/mol. The Morgan fingerprint density at radius 2 is 2.20 bits per heavy atom. The second kappa shape index (κ2) is 3.61. The van der Waals surface area contributed by atoms with Crippen LogP contribution in [-0.4, -0.2) is 14.8 Å². The number of nitrogens with zero attached hydrogens (tertiary/aromatic N) is 3. The van der Waals surface area contributed by atoms with Crippen molar-refractivity contribution < 1.29 is 4.74 Å². The van der Waals surface area contributed by atoms with Crippen molar-refractivity contribution in [2.75, 3.05) is 5.73 Å². The van der Waals surface area contributed by atoms with E-state index in [0.717, 1.165) is 5.69 Å². The number of nitrogens with two attached hydrogens (primary N) is 1. The van der Waals surface area contributed by atoms with E-state index >= 15 is 0 Å². The Balaban J connectivity index is 2.25. The van der Waals surface area contributed by atoms with Crippen LogP contribution in [0.3, 0.4) is 0 Å². The lowest BCUT2D eigenvalue weighted by molar-refractivity contribution is 0.416. The maximum absolute atomic E-state index is 5.54. The molecule has 2 N–H and O–H groups in total. The van der Waals surface area contributed by atoms with Crippen LogP contribution >= 0.6 is 0 Å². The quantitative estimate of drug-likeness (QED) is 0.805. The summed E-state index contributed by atoms with van der Waals surface area (Å²) in [7, 11) is 1.81. The fourth-order valence-corrected chi connectivity index (χ4v) is 1.28. The molecule has 0 fully saturated rings. The third-order valence-electron chi connectivity index (χ3n) is 1.91. The zero-order chi connectivity index (χ0) is 10.8. The summed E-state index contributed by atoms with van der Waals surface area (Å²) in [5.41, 5.74) is 6.44. The summed E-state index contributed by atoms with van der Waals surface area (Å²) in [6, 6.07) is 7.09. The van der Waals surface area contributed by atoms with Crippen molar-refractivity contribution >= 4 is 5.82 Å². The molecule has 0 aliphatic heterocycles. The van der Waals surface area contributed by atoms with Gasteiger partial charge in [-0.15, -0.1) is 0 Å². The van der Waals surface area contributed by atoms with E-state index < -0.39 is 0 Å². The third kappa shape index (κ3) is 2.07. The molecule has 0 atom stereocenters. The van der Waals surface area contributed by atoms with E-state index in [2.05, 4.69) is 10.1 Å². The zero-order valence-corrected chi connectivity index (χ0v) is 8.64. The largest absolute Gasteiger partial charge is 0.421 e. The number of rotatable bonds is 2. The molecule has 78 valence electrons. The molecule has 2 aromatic heterocycles. The Kier molecular flexibility index (Phi) is 2.29. The molecule has 0 aromatic carbocycles. The molecule has 5 nitrogen and oxygen atoms in total. The Morgan fingerprint density at radius 3 is 2.80 bits per heavy atom. The van der Waals surface area contributed by atoms with Crippen molar-refractivity contribution in [3.8, 4) is 11.8 Å². The fourth-order valence-electron chi connectivity index (χ4n) is 1.28. The molecule has 0 aliphatic carbocycles. The molecule has 0 bridgehead atoms. The molecule has 5 heteroatoms. The second-order valence-electron chi connectivity index (χ2n) is 3.25. The minimum atomic E-state index is 0.436. The first kappa shape index (κ1) is 9.51. The van der Waals surface area contributed by atoms with Gasteiger partial charge in [-0.3, -0.25) is 0 Å². The van der Waals surface area contributed by atoms with Gasteiger partial charge >= 0.3 is 0 Å². The van der Waals surface area contributed by atoms with Crippen molar-refractivity contribution in [1.29, 1.82) is 0 Å². The summed E-state index contributed by atoms with van der Waals surface area (Å²) in [4.78, 5) is 4.03. The lowest BCUT2D eigenvalue weighted by atomic mass is 10.4. The normalized spacial score (nSPS) is 10.3. The van der Waals surface area contributed by atoms with E-state index in [1.54, 1.807) is 22.9 Å². The SMILES string of the molecule is Cc1cc(Oc2cccc(N)n2)n(C)n1. The Bertz CT molecular complexity index is 478. The lowest BCUT2D eigenvalue weighted by Gasteiger charge is -2.04. The van der Waals surface area contributed by atoms with Gasteiger partial charge in [0.05, 0.1) is 5.69 Å². The molecule has 0 saturated heterocycles. The minimum Gasteiger partial charge on any atom is -0.421 e. The Hall–Kier alpha value is -2.04. The number of hydrogen-bond donors (Lipinski definition) is 1. The van der Waals surface area contributed by atoms with Crippen molar-refractivity contribution in [3.63, 3.8) is 0 Å². The van der Waals surface area contributed by atoms with Crippen LogP contribution in [0.15, 0.2) is 24.3 Å². The van der Waals surface area contributed by atoms with Crippen LogP contribution in [0.1, 0.15) is 5.69 Å². The minimum absolute atomic E-state index is 0.436. The summed E-state index contributed by atoms with van der Waals surface area (Å²) >= 11 is 0. The van der Waals surface area contributed by atoms with Gasteiger partial charge in [-0.05, 0) is 13.0 Å². The van der Waals surface area contributed by atoms with Crippen molar-refractivity contribution in [3.05, 3.63) is 30.0 Å². The molecular weight excluding hydrogens is 192 g/mol. The van der Waals surface area contributed by atoms with Gasteiger partial charge in [0, 0.05) is 19.2 Å². The summed E-state index contributed by atoms with van der Waals surface area (Å²) in [5, 5.41) is 4.16. The van der Waals surface area contributed by atoms with Gasteiger partial charge in [-0.1, -0.05) is 6.07 Å².